The number of nitro benzene ring substituents is 1. The normalized spacial score (nSPS) is 16.2. The Labute approximate surface area is 171 Å². The Morgan fingerprint density at radius 3 is 2.17 bits per heavy atom. The van der Waals surface area contributed by atoms with E-state index in [2.05, 4.69) is 0 Å². The minimum atomic E-state index is -0.625. The van der Waals surface area contributed by atoms with Crippen LogP contribution in [0.5, 0.6) is 0 Å². The molecular formula is C18H19ClN4O6. The number of piperazine rings is 1. The number of rotatable bonds is 6. The van der Waals surface area contributed by atoms with Crippen LogP contribution in [0.25, 0.3) is 0 Å². The summed E-state index contributed by atoms with van der Waals surface area (Å²) in [6.45, 7) is 1.73. The van der Waals surface area contributed by atoms with Gasteiger partial charge in [0.15, 0.2) is 0 Å². The van der Waals surface area contributed by atoms with Gasteiger partial charge >= 0.3 is 0 Å². The second kappa shape index (κ2) is 8.56. The zero-order valence-electron chi connectivity index (χ0n) is 15.5. The number of alkyl halides is 1. The second-order valence-corrected chi connectivity index (χ2v) is 7.01. The molecule has 0 spiro atoms. The number of non-ortho nitro benzene ring substituents is 1. The van der Waals surface area contributed by atoms with E-state index in [1.165, 1.54) is 12.1 Å². The quantitative estimate of drug-likeness (QED) is 0.290. The van der Waals surface area contributed by atoms with Crippen molar-refractivity contribution in [2.45, 2.75) is 12.8 Å². The van der Waals surface area contributed by atoms with Crippen LogP contribution < -0.4 is 0 Å². The monoisotopic (exact) mass is 422 g/mol. The summed E-state index contributed by atoms with van der Waals surface area (Å²) in [6.07, 6.45) is 0.435. The minimum Gasteiger partial charge on any atom is -0.339 e. The van der Waals surface area contributed by atoms with Crippen molar-refractivity contribution in [1.29, 1.82) is 0 Å². The lowest BCUT2D eigenvalue weighted by atomic mass is 10.1. The summed E-state index contributed by atoms with van der Waals surface area (Å²) in [5, 5.41) is 10.9. The summed E-state index contributed by atoms with van der Waals surface area (Å²) < 4.78 is 0. The molecule has 0 unspecified atom stereocenters. The maximum absolute atomic E-state index is 12.4. The summed E-state index contributed by atoms with van der Waals surface area (Å²) in [6, 6.07) is 3.56. The number of carbonyl (C=O) groups excluding carboxylic acids is 4. The molecule has 0 saturated carbocycles. The Morgan fingerprint density at radius 2 is 1.59 bits per heavy atom. The molecule has 0 N–H and O–H groups in total. The third-order valence-corrected chi connectivity index (χ3v) is 5.27. The number of carbonyl (C=O) groups is 4. The summed E-state index contributed by atoms with van der Waals surface area (Å²) in [5.41, 5.74) is -0.115. The van der Waals surface area contributed by atoms with Crippen molar-refractivity contribution in [2.75, 3.05) is 38.6 Å². The fourth-order valence-electron chi connectivity index (χ4n) is 3.43. The number of imide groups is 1. The molecule has 154 valence electrons. The van der Waals surface area contributed by atoms with E-state index < -0.39 is 16.7 Å². The Hall–Kier alpha value is -3.01. The molecule has 11 heteroatoms. The zero-order valence-corrected chi connectivity index (χ0v) is 16.3. The molecular weight excluding hydrogens is 404 g/mol. The SMILES string of the molecule is O=C(CCl)N1CCN(C(=O)CCCN2C(=O)c3ccc([N+](=O)[O-])cc3C2=O)CC1. The van der Waals surface area contributed by atoms with Crippen LogP contribution in [0.3, 0.4) is 0 Å². The van der Waals surface area contributed by atoms with Gasteiger partial charge in [-0.3, -0.25) is 34.2 Å². The summed E-state index contributed by atoms with van der Waals surface area (Å²) >= 11 is 5.53. The maximum Gasteiger partial charge on any atom is 0.270 e. The van der Waals surface area contributed by atoms with E-state index in [9.17, 15) is 29.3 Å². The molecule has 2 aliphatic heterocycles. The van der Waals surface area contributed by atoms with Crippen LogP contribution in [-0.4, -0.2) is 81.9 Å². The van der Waals surface area contributed by atoms with Gasteiger partial charge in [0.2, 0.25) is 11.8 Å². The average Bonchev–Trinajstić information content (AvgIpc) is 2.97. The van der Waals surface area contributed by atoms with Crippen molar-refractivity contribution in [1.82, 2.24) is 14.7 Å². The van der Waals surface area contributed by atoms with E-state index in [-0.39, 0.29) is 53.9 Å². The smallest absolute Gasteiger partial charge is 0.270 e. The predicted molar refractivity (Wildman–Crippen MR) is 102 cm³/mol. The van der Waals surface area contributed by atoms with E-state index in [1.54, 1.807) is 9.80 Å². The van der Waals surface area contributed by atoms with Crippen LogP contribution in [0, 0.1) is 10.1 Å². The third kappa shape index (κ3) is 4.21. The highest BCUT2D eigenvalue weighted by Gasteiger charge is 2.36. The molecule has 0 bridgehead atoms. The first-order valence-electron chi connectivity index (χ1n) is 9.09. The highest BCUT2D eigenvalue weighted by atomic mass is 35.5. The molecule has 1 aromatic rings. The van der Waals surface area contributed by atoms with Crippen molar-refractivity contribution in [2.24, 2.45) is 0 Å². The zero-order chi connectivity index (χ0) is 21.1. The first-order chi connectivity index (χ1) is 13.8. The number of hydrogen-bond acceptors (Lipinski definition) is 6. The molecule has 0 atom stereocenters. The topological polar surface area (TPSA) is 121 Å². The molecule has 0 aliphatic carbocycles. The van der Waals surface area contributed by atoms with Crippen LogP contribution in [0.15, 0.2) is 18.2 Å². The molecule has 10 nitrogen and oxygen atoms in total. The van der Waals surface area contributed by atoms with Crippen molar-refractivity contribution in [3.63, 3.8) is 0 Å². The third-order valence-electron chi connectivity index (χ3n) is 5.04. The first kappa shape index (κ1) is 20.7. The fraction of sp³-hybridized carbons (Fsp3) is 0.444. The Kier molecular flexibility index (Phi) is 6.12. The van der Waals surface area contributed by atoms with Crippen LogP contribution >= 0.6 is 11.6 Å². The van der Waals surface area contributed by atoms with Gasteiger partial charge in [-0.25, -0.2) is 0 Å². The number of benzene rings is 1. The molecule has 4 amide bonds. The number of halogens is 1. The number of nitro groups is 1. The maximum atomic E-state index is 12.4. The summed E-state index contributed by atoms with van der Waals surface area (Å²) in [4.78, 5) is 63.2. The highest BCUT2D eigenvalue weighted by molar-refractivity contribution is 6.27. The van der Waals surface area contributed by atoms with E-state index >= 15 is 0 Å². The van der Waals surface area contributed by atoms with Crippen LogP contribution in [0.4, 0.5) is 5.69 Å². The van der Waals surface area contributed by atoms with E-state index in [0.29, 0.717) is 26.2 Å². The van der Waals surface area contributed by atoms with Crippen molar-refractivity contribution >= 4 is 40.9 Å². The van der Waals surface area contributed by atoms with Gasteiger partial charge in [0.05, 0.1) is 16.1 Å². The predicted octanol–water partition coefficient (Wildman–Crippen LogP) is 0.881. The largest absolute Gasteiger partial charge is 0.339 e. The minimum absolute atomic E-state index is 0.00982. The summed E-state index contributed by atoms with van der Waals surface area (Å²) in [5.74, 6) is -1.47. The molecule has 3 rings (SSSR count). The molecule has 29 heavy (non-hydrogen) atoms. The van der Waals surface area contributed by atoms with E-state index in [4.69, 9.17) is 11.6 Å². The van der Waals surface area contributed by atoms with Gasteiger partial charge in [-0.2, -0.15) is 0 Å². The molecule has 0 aromatic heterocycles. The molecule has 1 aromatic carbocycles. The second-order valence-electron chi connectivity index (χ2n) is 6.75. The van der Waals surface area contributed by atoms with Gasteiger partial charge in [0.25, 0.3) is 17.5 Å². The number of amides is 4. The highest BCUT2D eigenvalue weighted by Crippen LogP contribution is 2.27. The fourth-order valence-corrected chi connectivity index (χ4v) is 3.60. The van der Waals surface area contributed by atoms with Crippen molar-refractivity contribution in [3.8, 4) is 0 Å². The average molecular weight is 423 g/mol. The summed E-state index contributed by atoms with van der Waals surface area (Å²) in [7, 11) is 0. The van der Waals surface area contributed by atoms with Gasteiger partial charge in [-0.1, -0.05) is 0 Å². The van der Waals surface area contributed by atoms with Gasteiger partial charge in [-0.15, -0.1) is 11.6 Å². The first-order valence-corrected chi connectivity index (χ1v) is 9.63. The Balaban J connectivity index is 1.51. The van der Waals surface area contributed by atoms with Gasteiger partial charge in [-0.05, 0) is 12.5 Å². The molecule has 1 fully saturated rings. The van der Waals surface area contributed by atoms with Crippen molar-refractivity contribution in [3.05, 3.63) is 39.4 Å². The Bertz CT molecular complexity index is 881. The molecule has 1 saturated heterocycles. The Morgan fingerprint density at radius 1 is 1.00 bits per heavy atom. The molecule has 2 aliphatic rings. The number of nitrogens with zero attached hydrogens (tertiary/aromatic N) is 4. The number of hydrogen-bond donors (Lipinski definition) is 0. The molecule has 0 radical (unpaired) electrons. The van der Waals surface area contributed by atoms with Gasteiger partial charge in [0, 0.05) is 51.3 Å². The lowest BCUT2D eigenvalue weighted by Crippen LogP contribution is -2.51. The van der Waals surface area contributed by atoms with Gasteiger partial charge in [0.1, 0.15) is 5.88 Å². The van der Waals surface area contributed by atoms with Crippen LogP contribution in [0.1, 0.15) is 33.6 Å². The van der Waals surface area contributed by atoms with Crippen LogP contribution in [-0.2, 0) is 9.59 Å². The number of fused-ring (bicyclic) bond motifs is 1. The van der Waals surface area contributed by atoms with E-state index in [0.717, 1.165) is 11.0 Å². The standard InChI is InChI=1S/C18H19ClN4O6/c19-11-16(25)21-8-6-20(7-9-21)15(24)2-1-5-22-17(26)13-4-3-12(23(28)29)10-14(13)18(22)27/h3-4,10H,1-2,5-9,11H2. The molecule has 2 heterocycles. The van der Waals surface area contributed by atoms with E-state index in [1.807, 2.05) is 0 Å². The lowest BCUT2D eigenvalue weighted by Gasteiger charge is -2.34. The lowest BCUT2D eigenvalue weighted by molar-refractivity contribution is -0.384. The van der Waals surface area contributed by atoms with Crippen molar-refractivity contribution < 1.29 is 24.1 Å². The van der Waals surface area contributed by atoms with Gasteiger partial charge < -0.3 is 9.80 Å². The van der Waals surface area contributed by atoms with Crippen LogP contribution in [0.2, 0.25) is 0 Å².